The van der Waals surface area contributed by atoms with Crippen molar-refractivity contribution in [2.45, 2.75) is 20.1 Å². The van der Waals surface area contributed by atoms with Gasteiger partial charge in [-0.25, -0.2) is 4.98 Å². The van der Waals surface area contributed by atoms with Gasteiger partial charge in [-0.05, 0) is 44.2 Å². The van der Waals surface area contributed by atoms with Crippen LogP contribution in [0.1, 0.15) is 25.8 Å². The predicted molar refractivity (Wildman–Crippen MR) is 119 cm³/mol. The molecule has 0 spiro atoms. The van der Waals surface area contributed by atoms with Crippen molar-refractivity contribution >= 4 is 18.5 Å². The van der Waals surface area contributed by atoms with Crippen molar-refractivity contribution in [1.82, 2.24) is 4.98 Å². The van der Waals surface area contributed by atoms with Gasteiger partial charge in [0.1, 0.15) is 17.2 Å². The highest BCUT2D eigenvalue weighted by molar-refractivity contribution is 8.07. The Morgan fingerprint density at radius 2 is 1.30 bits per heavy atom. The van der Waals surface area contributed by atoms with E-state index in [-0.39, 0.29) is 5.88 Å². The van der Waals surface area contributed by atoms with E-state index in [2.05, 4.69) is 4.98 Å². The normalized spacial score (nSPS) is 11.3. The van der Waals surface area contributed by atoms with Crippen molar-refractivity contribution in [3.05, 3.63) is 84.6 Å². The zero-order valence-electron chi connectivity index (χ0n) is 16.8. The zero-order chi connectivity index (χ0) is 21.2. The summed E-state index contributed by atoms with van der Waals surface area (Å²) in [5, 5.41) is 0. The molecule has 3 aromatic rings. The van der Waals surface area contributed by atoms with Crippen LogP contribution in [0, 0.1) is 0 Å². The highest BCUT2D eigenvalue weighted by Gasteiger charge is 2.24. The molecule has 0 radical (unpaired) electrons. The Morgan fingerprint density at radius 3 is 1.80 bits per heavy atom. The first-order chi connectivity index (χ1) is 14.6. The molecule has 0 bridgehead atoms. The van der Waals surface area contributed by atoms with Gasteiger partial charge in [0.15, 0.2) is 0 Å². The van der Waals surface area contributed by atoms with Crippen LogP contribution in [-0.2, 0) is 20.9 Å². The summed E-state index contributed by atoms with van der Waals surface area (Å²) in [6, 6.07) is 24.1. The molecular formula is C22H24NO5PS. The first-order valence-electron chi connectivity index (χ1n) is 9.61. The summed E-state index contributed by atoms with van der Waals surface area (Å²) in [6.07, 6.45) is -0.796. The lowest BCUT2D eigenvalue weighted by atomic mass is 10.3. The lowest BCUT2D eigenvalue weighted by Crippen LogP contribution is -2.17. The minimum Gasteiger partial charge on any atom is -0.449 e. The summed E-state index contributed by atoms with van der Waals surface area (Å²) in [4.78, 5) is 4.54. The van der Waals surface area contributed by atoms with Gasteiger partial charge in [-0.1, -0.05) is 42.5 Å². The molecule has 8 heteroatoms. The fourth-order valence-corrected chi connectivity index (χ4v) is 4.53. The molecule has 0 aliphatic carbocycles. The van der Waals surface area contributed by atoms with E-state index < -0.39 is 13.0 Å². The molecule has 0 aliphatic rings. The standard InChI is InChI=1S/C22H24NO5PS/c1-3-24-29(30,25-4-2)28-21-17-11-16-20(23-21)22(26-18-12-7-5-8-13-18)27-19-14-9-6-10-15-19/h5-17,22H,3-4H2,1-2H3. The third kappa shape index (κ3) is 6.54. The SMILES string of the molecule is CCOP(=S)(OCC)Oc1cccc(C(Oc2ccccc2)Oc2ccccc2)n1. The van der Waals surface area contributed by atoms with E-state index in [1.807, 2.05) is 74.5 Å². The second-order valence-corrected chi connectivity index (χ2v) is 8.90. The predicted octanol–water partition coefficient (Wildman–Crippen LogP) is 5.91. The van der Waals surface area contributed by atoms with Crippen LogP contribution in [-0.4, -0.2) is 18.2 Å². The quantitative estimate of drug-likeness (QED) is 0.268. The second-order valence-electron chi connectivity index (χ2n) is 5.97. The number of nitrogens with zero attached hydrogens (tertiary/aromatic N) is 1. The molecule has 0 aliphatic heterocycles. The Hall–Kier alpha value is -2.44. The summed E-state index contributed by atoms with van der Waals surface area (Å²) < 4.78 is 29.1. The van der Waals surface area contributed by atoms with Crippen molar-refractivity contribution in [2.75, 3.05) is 13.2 Å². The highest BCUT2D eigenvalue weighted by Crippen LogP contribution is 2.49. The number of ether oxygens (including phenoxy) is 2. The van der Waals surface area contributed by atoms with Crippen molar-refractivity contribution in [3.63, 3.8) is 0 Å². The molecule has 0 saturated carbocycles. The van der Waals surface area contributed by atoms with Gasteiger partial charge in [0.05, 0.1) is 13.2 Å². The van der Waals surface area contributed by atoms with Crippen LogP contribution in [0.2, 0.25) is 0 Å². The maximum absolute atomic E-state index is 6.06. The first-order valence-corrected chi connectivity index (χ1v) is 12.2. The Kier molecular flexibility index (Phi) is 8.22. The molecule has 1 heterocycles. The molecule has 0 unspecified atom stereocenters. The van der Waals surface area contributed by atoms with Crippen molar-refractivity contribution in [1.29, 1.82) is 0 Å². The molecule has 0 N–H and O–H groups in total. The number of hydrogen-bond donors (Lipinski definition) is 0. The molecule has 0 fully saturated rings. The van der Waals surface area contributed by atoms with Crippen molar-refractivity contribution < 1.29 is 23.0 Å². The van der Waals surface area contributed by atoms with Crippen LogP contribution in [0.5, 0.6) is 17.4 Å². The fourth-order valence-electron chi connectivity index (χ4n) is 2.52. The van der Waals surface area contributed by atoms with Gasteiger partial charge in [0, 0.05) is 17.9 Å². The van der Waals surface area contributed by atoms with Crippen molar-refractivity contribution in [2.24, 2.45) is 0 Å². The van der Waals surface area contributed by atoms with Crippen LogP contribution >= 0.6 is 6.72 Å². The minimum atomic E-state index is -2.94. The summed E-state index contributed by atoms with van der Waals surface area (Å²) in [5.74, 6) is 1.59. The summed E-state index contributed by atoms with van der Waals surface area (Å²) in [5.41, 5.74) is 0.523. The molecule has 0 atom stereocenters. The van der Waals surface area contributed by atoms with Gasteiger partial charge in [0.25, 0.3) is 6.29 Å². The number of hydrogen-bond acceptors (Lipinski definition) is 7. The van der Waals surface area contributed by atoms with Crippen LogP contribution in [0.25, 0.3) is 0 Å². The Morgan fingerprint density at radius 1 is 0.767 bits per heavy atom. The van der Waals surface area contributed by atoms with Crippen LogP contribution in [0.4, 0.5) is 0 Å². The van der Waals surface area contributed by atoms with Crippen LogP contribution < -0.4 is 14.0 Å². The van der Waals surface area contributed by atoms with E-state index in [9.17, 15) is 0 Å². The van der Waals surface area contributed by atoms with E-state index in [4.69, 9.17) is 34.9 Å². The molecule has 158 valence electrons. The lowest BCUT2D eigenvalue weighted by molar-refractivity contribution is 0.0000376. The smallest absolute Gasteiger partial charge is 0.381 e. The van der Waals surface area contributed by atoms with Gasteiger partial charge in [0.2, 0.25) is 5.88 Å². The molecule has 0 saturated heterocycles. The molecular weight excluding hydrogens is 421 g/mol. The third-order valence-electron chi connectivity index (χ3n) is 3.74. The van der Waals surface area contributed by atoms with Gasteiger partial charge in [-0.2, -0.15) is 0 Å². The molecule has 0 amide bonds. The summed E-state index contributed by atoms with van der Waals surface area (Å²) in [7, 11) is 0. The topological polar surface area (TPSA) is 59.0 Å². The molecule has 6 nitrogen and oxygen atoms in total. The second kappa shape index (κ2) is 11.1. The van der Waals surface area contributed by atoms with E-state index in [0.29, 0.717) is 30.4 Å². The minimum absolute atomic E-state index is 0.288. The Balaban J connectivity index is 1.87. The van der Waals surface area contributed by atoms with Gasteiger partial charge in [-0.15, -0.1) is 0 Å². The van der Waals surface area contributed by atoms with E-state index in [1.165, 1.54) is 0 Å². The number of pyridine rings is 1. The first kappa shape index (κ1) is 22.2. The monoisotopic (exact) mass is 445 g/mol. The molecule has 3 rings (SSSR count). The lowest BCUT2D eigenvalue weighted by Gasteiger charge is -2.22. The van der Waals surface area contributed by atoms with Crippen LogP contribution in [0.3, 0.4) is 0 Å². The Bertz CT molecular complexity index is 907. The van der Waals surface area contributed by atoms with E-state index in [1.54, 1.807) is 18.2 Å². The number of para-hydroxylation sites is 2. The van der Waals surface area contributed by atoms with Gasteiger partial charge in [-0.3, -0.25) is 9.05 Å². The maximum atomic E-state index is 6.06. The fraction of sp³-hybridized carbons (Fsp3) is 0.227. The zero-order valence-corrected chi connectivity index (χ0v) is 18.6. The molecule has 2 aromatic carbocycles. The maximum Gasteiger partial charge on any atom is 0.381 e. The van der Waals surface area contributed by atoms with Crippen molar-refractivity contribution in [3.8, 4) is 17.4 Å². The average molecular weight is 445 g/mol. The highest BCUT2D eigenvalue weighted by atomic mass is 32.5. The molecule has 30 heavy (non-hydrogen) atoms. The Labute approximate surface area is 182 Å². The van der Waals surface area contributed by atoms with E-state index in [0.717, 1.165) is 0 Å². The van der Waals surface area contributed by atoms with Crippen LogP contribution in [0.15, 0.2) is 78.9 Å². The number of rotatable bonds is 11. The van der Waals surface area contributed by atoms with E-state index >= 15 is 0 Å². The summed E-state index contributed by atoms with van der Waals surface area (Å²) >= 11 is 5.44. The average Bonchev–Trinajstić information content (AvgIpc) is 2.75. The third-order valence-corrected chi connectivity index (χ3v) is 6.15. The number of aromatic nitrogens is 1. The molecule has 1 aromatic heterocycles. The van der Waals surface area contributed by atoms with Gasteiger partial charge >= 0.3 is 6.72 Å². The summed E-state index contributed by atoms with van der Waals surface area (Å²) in [6.45, 7) is 1.51. The number of benzene rings is 2. The van der Waals surface area contributed by atoms with Gasteiger partial charge < -0.3 is 14.0 Å². The largest absolute Gasteiger partial charge is 0.449 e.